The second-order valence-corrected chi connectivity index (χ2v) is 5.43. The van der Waals surface area contributed by atoms with E-state index in [0.29, 0.717) is 17.2 Å². The number of fused-ring (bicyclic) bond motifs is 1. The van der Waals surface area contributed by atoms with Crippen LogP contribution in [0.25, 0.3) is 0 Å². The Kier molecular flexibility index (Phi) is 4.17. The number of hydrogen-bond acceptors (Lipinski definition) is 5. The van der Waals surface area contributed by atoms with Crippen molar-refractivity contribution >= 4 is 23.4 Å². The minimum absolute atomic E-state index is 0.172. The van der Waals surface area contributed by atoms with Gasteiger partial charge < -0.3 is 14.8 Å². The third kappa shape index (κ3) is 3.15. The number of thiocyanates is 1. The predicted octanol–water partition coefficient (Wildman–Crippen LogP) is 3.04. The molecule has 22 heavy (non-hydrogen) atoms. The Morgan fingerprint density at radius 3 is 2.64 bits per heavy atom. The molecule has 0 fully saturated rings. The fraction of sp³-hybridized carbons (Fsp3) is 0.125. The van der Waals surface area contributed by atoms with E-state index in [-0.39, 0.29) is 12.5 Å². The highest BCUT2D eigenvalue weighted by atomic mass is 32.2. The molecule has 110 valence electrons. The molecule has 1 N–H and O–H groups in total. The maximum atomic E-state index is 12.2. The first kappa shape index (κ1) is 14.3. The molecule has 6 heteroatoms. The van der Waals surface area contributed by atoms with Crippen molar-refractivity contribution in [2.45, 2.75) is 11.0 Å². The first-order valence-corrected chi connectivity index (χ1v) is 7.43. The number of hydrogen-bond donors (Lipinski definition) is 1. The van der Waals surface area contributed by atoms with Crippen LogP contribution in [0.1, 0.15) is 0 Å². The molecule has 0 spiro atoms. The molecule has 1 amide bonds. The van der Waals surface area contributed by atoms with E-state index in [0.717, 1.165) is 16.7 Å². The Morgan fingerprint density at radius 1 is 1.18 bits per heavy atom. The van der Waals surface area contributed by atoms with Crippen molar-refractivity contribution < 1.29 is 14.3 Å². The van der Waals surface area contributed by atoms with Gasteiger partial charge >= 0.3 is 0 Å². The van der Waals surface area contributed by atoms with Crippen LogP contribution in [0.15, 0.2) is 53.4 Å². The van der Waals surface area contributed by atoms with Crippen molar-refractivity contribution in [3.05, 3.63) is 48.5 Å². The lowest BCUT2D eigenvalue weighted by molar-refractivity contribution is -0.125. The van der Waals surface area contributed by atoms with Gasteiger partial charge in [0, 0.05) is 10.6 Å². The lowest BCUT2D eigenvalue weighted by Crippen LogP contribution is -2.40. The predicted molar refractivity (Wildman–Crippen MR) is 82.9 cm³/mol. The summed E-state index contributed by atoms with van der Waals surface area (Å²) in [5, 5.41) is 13.4. The SMILES string of the molecule is N#CSc1ccc(NC(=O)[C@H]2COc3ccccc3O2)cc1. The van der Waals surface area contributed by atoms with Crippen molar-refractivity contribution in [2.75, 3.05) is 11.9 Å². The molecule has 1 heterocycles. The Bertz CT molecular complexity index is 725. The minimum Gasteiger partial charge on any atom is -0.485 e. The van der Waals surface area contributed by atoms with E-state index in [1.165, 1.54) is 0 Å². The molecule has 2 aromatic carbocycles. The Labute approximate surface area is 131 Å². The van der Waals surface area contributed by atoms with E-state index in [1.807, 2.05) is 17.5 Å². The van der Waals surface area contributed by atoms with Crippen LogP contribution in [0.5, 0.6) is 11.5 Å². The van der Waals surface area contributed by atoms with Crippen molar-refractivity contribution in [3.63, 3.8) is 0 Å². The molecule has 0 aromatic heterocycles. The molecule has 0 radical (unpaired) electrons. The van der Waals surface area contributed by atoms with Crippen LogP contribution >= 0.6 is 11.8 Å². The highest BCUT2D eigenvalue weighted by molar-refractivity contribution is 8.03. The average Bonchev–Trinajstić information content (AvgIpc) is 2.56. The fourth-order valence-electron chi connectivity index (χ4n) is 2.03. The number of rotatable bonds is 3. The molecule has 1 aliphatic rings. The van der Waals surface area contributed by atoms with Crippen molar-refractivity contribution in [1.82, 2.24) is 0 Å². The van der Waals surface area contributed by atoms with Gasteiger partial charge in [-0.15, -0.1) is 0 Å². The number of amides is 1. The van der Waals surface area contributed by atoms with Gasteiger partial charge in [0.1, 0.15) is 12.0 Å². The van der Waals surface area contributed by atoms with Gasteiger partial charge in [0.25, 0.3) is 5.91 Å². The number of nitrogens with zero attached hydrogens (tertiary/aromatic N) is 1. The molecular formula is C16H12N2O3S. The topological polar surface area (TPSA) is 71.4 Å². The summed E-state index contributed by atoms with van der Waals surface area (Å²) in [6, 6.07) is 14.3. The van der Waals surface area contributed by atoms with E-state index in [2.05, 4.69) is 5.32 Å². The quantitative estimate of drug-likeness (QED) is 0.696. The molecule has 0 bridgehead atoms. The van der Waals surface area contributed by atoms with Gasteiger partial charge in [-0.1, -0.05) is 12.1 Å². The zero-order chi connectivity index (χ0) is 15.4. The molecule has 0 unspecified atom stereocenters. The van der Waals surface area contributed by atoms with Crippen molar-refractivity contribution in [2.24, 2.45) is 0 Å². The number of thioether (sulfide) groups is 1. The summed E-state index contributed by atoms with van der Waals surface area (Å²) in [7, 11) is 0. The van der Waals surface area contributed by atoms with Crippen LogP contribution < -0.4 is 14.8 Å². The van der Waals surface area contributed by atoms with Crippen LogP contribution in [0, 0.1) is 10.7 Å². The molecule has 3 rings (SSSR count). The molecule has 2 aromatic rings. The number of carbonyl (C=O) groups excluding carboxylic acids is 1. The summed E-state index contributed by atoms with van der Waals surface area (Å²) in [6.07, 6.45) is -0.692. The standard InChI is InChI=1S/C16H12N2O3S/c17-10-22-12-7-5-11(6-8-12)18-16(19)15-9-20-13-3-1-2-4-14(13)21-15/h1-8,15H,9H2,(H,18,19)/t15-/m1/s1. The van der Waals surface area contributed by atoms with E-state index in [4.69, 9.17) is 14.7 Å². The summed E-state index contributed by atoms with van der Waals surface area (Å²) in [5.74, 6) is 0.939. The van der Waals surface area contributed by atoms with E-state index < -0.39 is 6.10 Å². The molecule has 0 aliphatic carbocycles. The fourth-order valence-corrected chi connectivity index (χ4v) is 2.41. The molecule has 5 nitrogen and oxygen atoms in total. The summed E-state index contributed by atoms with van der Waals surface area (Å²) in [6.45, 7) is 0.172. The van der Waals surface area contributed by atoms with Crippen molar-refractivity contribution in [1.29, 1.82) is 5.26 Å². The highest BCUT2D eigenvalue weighted by Crippen LogP contribution is 2.31. The molecule has 1 aliphatic heterocycles. The number of ether oxygens (including phenoxy) is 2. The number of carbonyl (C=O) groups is 1. The summed E-state index contributed by atoms with van der Waals surface area (Å²) < 4.78 is 11.2. The molecule has 0 saturated carbocycles. The van der Waals surface area contributed by atoms with Gasteiger partial charge in [0.2, 0.25) is 6.10 Å². The average molecular weight is 312 g/mol. The Morgan fingerprint density at radius 2 is 1.91 bits per heavy atom. The maximum Gasteiger partial charge on any atom is 0.269 e. The lowest BCUT2D eigenvalue weighted by atomic mass is 10.2. The van der Waals surface area contributed by atoms with Gasteiger partial charge in [-0.05, 0) is 48.2 Å². The Balaban J connectivity index is 1.64. The van der Waals surface area contributed by atoms with E-state index in [1.54, 1.807) is 36.4 Å². The van der Waals surface area contributed by atoms with Crippen molar-refractivity contribution in [3.8, 4) is 16.9 Å². The number of nitrogens with one attached hydrogen (secondary N) is 1. The molecule has 1 atom stereocenters. The maximum absolute atomic E-state index is 12.2. The molecular weight excluding hydrogens is 300 g/mol. The molecule has 0 saturated heterocycles. The van der Waals surface area contributed by atoms with Gasteiger partial charge in [0.05, 0.1) is 0 Å². The van der Waals surface area contributed by atoms with Crippen LogP contribution in [-0.2, 0) is 4.79 Å². The second kappa shape index (κ2) is 6.41. The lowest BCUT2D eigenvalue weighted by Gasteiger charge is -2.25. The van der Waals surface area contributed by atoms with Gasteiger partial charge in [-0.3, -0.25) is 4.79 Å². The zero-order valence-electron chi connectivity index (χ0n) is 11.5. The minimum atomic E-state index is -0.692. The smallest absolute Gasteiger partial charge is 0.269 e. The van der Waals surface area contributed by atoms with E-state index >= 15 is 0 Å². The number of para-hydroxylation sites is 2. The summed E-state index contributed by atoms with van der Waals surface area (Å²) in [4.78, 5) is 13.0. The number of benzene rings is 2. The summed E-state index contributed by atoms with van der Waals surface area (Å²) in [5.41, 5.74) is 0.648. The highest BCUT2D eigenvalue weighted by Gasteiger charge is 2.27. The van der Waals surface area contributed by atoms with Gasteiger partial charge in [-0.25, -0.2) is 0 Å². The number of anilines is 1. The van der Waals surface area contributed by atoms with Crippen LogP contribution in [0.3, 0.4) is 0 Å². The largest absolute Gasteiger partial charge is 0.485 e. The van der Waals surface area contributed by atoms with Gasteiger partial charge in [-0.2, -0.15) is 5.26 Å². The third-order valence-corrected chi connectivity index (χ3v) is 3.69. The van der Waals surface area contributed by atoms with Crippen LogP contribution in [-0.4, -0.2) is 18.6 Å². The first-order valence-electron chi connectivity index (χ1n) is 6.61. The van der Waals surface area contributed by atoms with Gasteiger partial charge in [0.15, 0.2) is 11.5 Å². The number of nitriles is 1. The second-order valence-electron chi connectivity index (χ2n) is 4.57. The monoisotopic (exact) mass is 312 g/mol. The van der Waals surface area contributed by atoms with Crippen LogP contribution in [0.2, 0.25) is 0 Å². The summed E-state index contributed by atoms with van der Waals surface area (Å²) >= 11 is 1.07. The van der Waals surface area contributed by atoms with Crippen LogP contribution in [0.4, 0.5) is 5.69 Å². The Hall–Kier alpha value is -2.65. The normalized spacial score (nSPS) is 15.7. The first-order chi connectivity index (χ1) is 10.8. The van der Waals surface area contributed by atoms with E-state index in [9.17, 15) is 4.79 Å². The zero-order valence-corrected chi connectivity index (χ0v) is 12.3. The third-order valence-electron chi connectivity index (χ3n) is 3.09.